The van der Waals surface area contributed by atoms with Crippen molar-refractivity contribution in [2.75, 3.05) is 31.1 Å². The van der Waals surface area contributed by atoms with E-state index in [2.05, 4.69) is 68.6 Å². The first kappa shape index (κ1) is 28.0. The summed E-state index contributed by atoms with van der Waals surface area (Å²) in [5, 5.41) is 0. The summed E-state index contributed by atoms with van der Waals surface area (Å²) in [6, 6.07) is 2.70. The summed E-state index contributed by atoms with van der Waals surface area (Å²) in [5.74, 6) is 8.33. The second-order valence-electron chi connectivity index (χ2n) is 11.8. The van der Waals surface area contributed by atoms with Crippen molar-refractivity contribution < 1.29 is 0 Å². The van der Waals surface area contributed by atoms with Gasteiger partial charge in [-0.1, -0.05) is 51.2 Å². The zero-order chi connectivity index (χ0) is 25.4. The highest BCUT2D eigenvalue weighted by molar-refractivity contribution is 7.14. The Morgan fingerprint density at radius 1 is 1.23 bits per heavy atom. The topological polar surface area (TPSA) is 32.5 Å². The highest BCUT2D eigenvalue weighted by Crippen LogP contribution is 2.44. The molecule has 1 aromatic rings. The van der Waals surface area contributed by atoms with Gasteiger partial charge in [0, 0.05) is 18.0 Å². The molecule has 35 heavy (non-hydrogen) atoms. The molecule has 3 rings (SSSR count). The Morgan fingerprint density at radius 3 is 2.60 bits per heavy atom. The Balaban J connectivity index is 1.58. The lowest BCUT2D eigenvalue weighted by Crippen LogP contribution is -2.34. The average molecular weight is 496 g/mol. The third kappa shape index (κ3) is 8.24. The van der Waals surface area contributed by atoms with E-state index in [1.54, 1.807) is 11.3 Å². The molecule has 2 aliphatic rings. The molecule has 0 amide bonds. The molecular weight excluding hydrogens is 446 g/mol. The van der Waals surface area contributed by atoms with E-state index in [-0.39, 0.29) is 5.41 Å². The number of fused-ring (bicyclic) bond motifs is 1. The lowest BCUT2D eigenvalue weighted by atomic mass is 9.85. The summed E-state index contributed by atoms with van der Waals surface area (Å²) in [6.07, 6.45) is 13.3. The Kier molecular flexibility index (Phi) is 10.5. The first-order valence-corrected chi connectivity index (χ1v) is 14.7. The van der Waals surface area contributed by atoms with Crippen LogP contribution in [0.1, 0.15) is 95.2 Å². The van der Waals surface area contributed by atoms with E-state index in [4.69, 9.17) is 5.73 Å². The monoisotopic (exact) mass is 495 g/mol. The van der Waals surface area contributed by atoms with Gasteiger partial charge in [-0.15, -0.1) is 11.3 Å². The third-order valence-corrected chi connectivity index (χ3v) is 8.77. The first-order valence-electron chi connectivity index (χ1n) is 13.9. The number of likely N-dealkylation sites (tertiary alicyclic amines) is 1. The molecule has 3 atom stereocenters. The van der Waals surface area contributed by atoms with Crippen LogP contribution in [0.4, 0.5) is 5.69 Å². The van der Waals surface area contributed by atoms with Crippen molar-refractivity contribution in [3.63, 3.8) is 0 Å². The summed E-state index contributed by atoms with van der Waals surface area (Å²) in [4.78, 5) is 7.49. The molecule has 2 aliphatic heterocycles. The van der Waals surface area contributed by atoms with Crippen molar-refractivity contribution in [1.82, 2.24) is 4.90 Å². The summed E-state index contributed by atoms with van der Waals surface area (Å²) in [6.45, 7) is 22.1. The van der Waals surface area contributed by atoms with Gasteiger partial charge in [0.25, 0.3) is 0 Å². The van der Waals surface area contributed by atoms with Crippen LogP contribution < -0.4 is 10.6 Å². The van der Waals surface area contributed by atoms with Gasteiger partial charge < -0.3 is 15.5 Å². The molecule has 1 aromatic heterocycles. The largest absolute Gasteiger partial charge is 0.344 e. The SMILES string of the molecule is C=CN1c2cc(C#CC(C)(C)C)sc2C(=C)CC1CCCC(CC)CC(CCN)CN1CCCC1. The second-order valence-corrected chi connectivity index (χ2v) is 12.8. The van der Waals surface area contributed by atoms with Crippen molar-refractivity contribution in [3.8, 4) is 11.8 Å². The minimum atomic E-state index is 0.00954. The van der Waals surface area contributed by atoms with Gasteiger partial charge >= 0.3 is 0 Å². The van der Waals surface area contributed by atoms with Crippen molar-refractivity contribution in [3.05, 3.63) is 35.2 Å². The van der Waals surface area contributed by atoms with Gasteiger partial charge in [-0.25, -0.2) is 0 Å². The van der Waals surface area contributed by atoms with Gasteiger partial charge in [-0.3, -0.25) is 0 Å². The Morgan fingerprint density at radius 2 is 1.97 bits per heavy atom. The third-order valence-electron chi connectivity index (χ3n) is 7.63. The van der Waals surface area contributed by atoms with E-state index in [1.807, 2.05) is 6.20 Å². The maximum absolute atomic E-state index is 5.99. The second kappa shape index (κ2) is 13.1. The van der Waals surface area contributed by atoms with Crippen molar-refractivity contribution in [1.29, 1.82) is 0 Å². The molecule has 4 heteroatoms. The predicted molar refractivity (Wildman–Crippen MR) is 156 cm³/mol. The number of thiophene rings is 1. The van der Waals surface area contributed by atoms with E-state index in [0.29, 0.717) is 6.04 Å². The number of hydrogen-bond acceptors (Lipinski definition) is 4. The fourth-order valence-electron chi connectivity index (χ4n) is 5.75. The van der Waals surface area contributed by atoms with E-state index >= 15 is 0 Å². The molecule has 0 aliphatic carbocycles. The number of anilines is 1. The summed E-state index contributed by atoms with van der Waals surface area (Å²) >= 11 is 1.79. The summed E-state index contributed by atoms with van der Waals surface area (Å²) < 4.78 is 0. The zero-order valence-corrected chi connectivity index (χ0v) is 23.7. The van der Waals surface area contributed by atoms with Gasteiger partial charge in [0.05, 0.1) is 15.4 Å². The van der Waals surface area contributed by atoms with Gasteiger partial charge in [0.15, 0.2) is 0 Å². The molecule has 0 saturated carbocycles. The summed E-state index contributed by atoms with van der Waals surface area (Å²) in [5.41, 5.74) is 8.52. The number of nitrogens with zero attached hydrogens (tertiary/aromatic N) is 2. The molecule has 0 radical (unpaired) electrons. The van der Waals surface area contributed by atoms with E-state index in [0.717, 1.165) is 29.7 Å². The maximum atomic E-state index is 5.99. The Labute approximate surface area is 219 Å². The summed E-state index contributed by atoms with van der Waals surface area (Å²) in [7, 11) is 0. The van der Waals surface area contributed by atoms with E-state index in [9.17, 15) is 0 Å². The van der Waals surface area contributed by atoms with E-state index in [1.165, 1.54) is 87.1 Å². The van der Waals surface area contributed by atoms with Gasteiger partial charge in [0.1, 0.15) is 0 Å². The lowest BCUT2D eigenvalue weighted by molar-refractivity contribution is 0.229. The molecule has 3 unspecified atom stereocenters. The lowest BCUT2D eigenvalue weighted by Gasteiger charge is -2.36. The standard InChI is InChI=1S/C31H49N3S/c1-7-25(21-26(15-17-32)23-33-18-9-10-19-33)12-11-13-27-20-24(3)30-29(34(27)8-2)22-28(35-30)14-16-31(4,5)6/h8,22,25-27H,2-3,7,9-13,15,17-21,23,32H2,1,4-6H3. The van der Waals surface area contributed by atoms with E-state index < -0.39 is 0 Å². The van der Waals surface area contributed by atoms with Gasteiger partial charge in [-0.2, -0.15) is 0 Å². The molecule has 0 aromatic carbocycles. The number of hydrogen-bond donors (Lipinski definition) is 1. The average Bonchev–Trinajstić information content (AvgIpc) is 3.47. The molecule has 194 valence electrons. The molecule has 2 N–H and O–H groups in total. The molecule has 0 bridgehead atoms. The quantitative estimate of drug-likeness (QED) is 0.304. The normalized spacial score (nSPS) is 20.3. The smallest absolute Gasteiger partial charge is 0.0796 e. The molecule has 1 fully saturated rings. The zero-order valence-electron chi connectivity index (χ0n) is 22.9. The first-order chi connectivity index (χ1) is 16.7. The maximum Gasteiger partial charge on any atom is 0.0796 e. The minimum Gasteiger partial charge on any atom is -0.344 e. The van der Waals surface area contributed by atoms with Crippen molar-refractivity contribution in [2.24, 2.45) is 23.0 Å². The van der Waals surface area contributed by atoms with Crippen LogP contribution in [0.2, 0.25) is 0 Å². The fourth-order valence-corrected chi connectivity index (χ4v) is 6.74. The van der Waals surface area contributed by atoms with Crippen LogP contribution >= 0.6 is 11.3 Å². The molecule has 3 heterocycles. The Hall–Kier alpha value is -1.54. The predicted octanol–water partition coefficient (Wildman–Crippen LogP) is 7.53. The molecule has 1 saturated heterocycles. The molecule has 3 nitrogen and oxygen atoms in total. The number of nitrogens with two attached hydrogens (primary N) is 1. The van der Waals surface area contributed by atoms with Gasteiger partial charge in [-0.05, 0) is 109 Å². The van der Waals surface area contributed by atoms with Crippen LogP contribution in [0.5, 0.6) is 0 Å². The Bertz CT molecular complexity index is 891. The van der Waals surface area contributed by atoms with Crippen LogP contribution in [0.25, 0.3) is 5.57 Å². The highest BCUT2D eigenvalue weighted by atomic mass is 32.1. The van der Waals surface area contributed by atoms with Crippen LogP contribution in [0, 0.1) is 29.1 Å². The minimum absolute atomic E-state index is 0.00954. The van der Waals surface area contributed by atoms with Crippen LogP contribution in [-0.4, -0.2) is 37.1 Å². The van der Waals surface area contributed by atoms with Crippen LogP contribution in [-0.2, 0) is 0 Å². The highest BCUT2D eigenvalue weighted by Gasteiger charge is 2.29. The van der Waals surface area contributed by atoms with Crippen LogP contribution in [0.3, 0.4) is 0 Å². The van der Waals surface area contributed by atoms with Crippen molar-refractivity contribution in [2.45, 2.75) is 91.5 Å². The van der Waals surface area contributed by atoms with Gasteiger partial charge in [0.2, 0.25) is 0 Å². The number of rotatable bonds is 12. The molecule has 0 spiro atoms. The molecular formula is C31H49N3S. The van der Waals surface area contributed by atoms with Crippen LogP contribution in [0.15, 0.2) is 25.4 Å². The van der Waals surface area contributed by atoms with Crippen molar-refractivity contribution >= 4 is 22.6 Å². The fraction of sp³-hybridized carbons (Fsp3) is 0.677.